The second kappa shape index (κ2) is 3.79. The van der Waals surface area contributed by atoms with Gasteiger partial charge in [-0.05, 0) is 34.2 Å². The van der Waals surface area contributed by atoms with E-state index >= 15 is 0 Å². The molecule has 0 fully saturated rings. The first-order valence-electron chi connectivity index (χ1n) is 3.12. The molecule has 0 N–H and O–H groups in total. The number of hydrogen-bond acceptors (Lipinski definition) is 4. The largest absolute Gasteiger partial charge is 0.456 e. The van der Waals surface area contributed by atoms with Gasteiger partial charge in [0.1, 0.15) is 0 Å². The average Bonchev–Trinajstić information content (AvgIpc) is 2.33. The lowest BCUT2D eigenvalue weighted by atomic mass is 10.4. The third kappa shape index (κ3) is 3.11. The summed E-state index contributed by atoms with van der Waals surface area (Å²) in [5, 5.41) is 6.71. The fourth-order valence-corrected chi connectivity index (χ4v) is 1.45. The van der Waals surface area contributed by atoms with Crippen LogP contribution >= 0.6 is 27.3 Å². The summed E-state index contributed by atoms with van der Waals surface area (Å²) in [4.78, 5) is 0. The van der Waals surface area contributed by atoms with Crippen molar-refractivity contribution in [3.63, 3.8) is 0 Å². The van der Waals surface area contributed by atoms with Crippen molar-refractivity contribution < 1.29 is 17.9 Å². The quantitative estimate of drug-likeness (QED) is 0.833. The molecule has 1 heterocycles. The molecule has 1 aromatic rings. The maximum atomic E-state index is 12.0. The van der Waals surface area contributed by atoms with Crippen LogP contribution < -0.4 is 4.74 Å². The lowest BCUT2D eigenvalue weighted by Crippen LogP contribution is -2.31. The zero-order valence-corrected chi connectivity index (χ0v) is 8.70. The highest BCUT2D eigenvalue weighted by Gasteiger charge is 2.38. The van der Waals surface area contributed by atoms with E-state index in [0.717, 1.165) is 18.3 Å². The number of aromatic nitrogens is 2. The van der Waals surface area contributed by atoms with Gasteiger partial charge in [-0.1, -0.05) is 5.10 Å². The second-order valence-corrected chi connectivity index (χ2v) is 4.34. The monoisotopic (exact) mass is 276 g/mol. The first kappa shape index (κ1) is 10.7. The Kier molecular flexibility index (Phi) is 3.12. The van der Waals surface area contributed by atoms with Crippen molar-refractivity contribution in [3.05, 3.63) is 3.92 Å². The topological polar surface area (TPSA) is 35.0 Å². The summed E-state index contributed by atoms with van der Waals surface area (Å²) in [6.07, 6.45) is -6.25. The number of alkyl halides is 3. The average molecular weight is 277 g/mol. The van der Waals surface area contributed by atoms with E-state index < -0.39 is 12.3 Å². The van der Waals surface area contributed by atoms with Crippen molar-refractivity contribution in [2.75, 3.05) is 0 Å². The van der Waals surface area contributed by atoms with Crippen LogP contribution in [-0.2, 0) is 0 Å². The molecule has 0 radical (unpaired) electrons. The van der Waals surface area contributed by atoms with Crippen LogP contribution in [0.4, 0.5) is 13.2 Å². The summed E-state index contributed by atoms with van der Waals surface area (Å²) >= 11 is 3.86. The van der Waals surface area contributed by atoms with Crippen molar-refractivity contribution in [1.29, 1.82) is 0 Å². The molecule has 0 bridgehead atoms. The SMILES string of the molecule is CC(Oc1nnc(Br)s1)C(F)(F)F. The number of ether oxygens (including phenoxy) is 1. The summed E-state index contributed by atoms with van der Waals surface area (Å²) in [6.45, 7) is 0.912. The molecular weight excluding hydrogens is 273 g/mol. The van der Waals surface area contributed by atoms with Gasteiger partial charge in [-0.15, -0.1) is 5.10 Å². The fourth-order valence-electron chi connectivity index (χ4n) is 0.459. The molecule has 0 spiro atoms. The van der Waals surface area contributed by atoms with Crippen LogP contribution in [0.3, 0.4) is 0 Å². The van der Waals surface area contributed by atoms with E-state index in [1.165, 1.54) is 0 Å². The first-order valence-corrected chi connectivity index (χ1v) is 4.73. The molecule has 0 aliphatic carbocycles. The van der Waals surface area contributed by atoms with E-state index in [0.29, 0.717) is 3.92 Å². The van der Waals surface area contributed by atoms with Crippen LogP contribution in [0.25, 0.3) is 0 Å². The zero-order chi connectivity index (χ0) is 10.1. The molecular formula is C5H4BrF3N2OS. The van der Waals surface area contributed by atoms with E-state index in [2.05, 4.69) is 30.9 Å². The summed E-state index contributed by atoms with van der Waals surface area (Å²) in [5.41, 5.74) is 0. The molecule has 0 aliphatic heterocycles. The van der Waals surface area contributed by atoms with E-state index in [-0.39, 0.29) is 5.19 Å². The van der Waals surface area contributed by atoms with Gasteiger partial charge in [0.25, 0.3) is 5.19 Å². The highest BCUT2D eigenvalue weighted by atomic mass is 79.9. The smallest absolute Gasteiger partial charge is 0.425 e. The molecule has 13 heavy (non-hydrogen) atoms. The third-order valence-corrected chi connectivity index (χ3v) is 2.37. The zero-order valence-electron chi connectivity index (χ0n) is 6.30. The molecule has 0 saturated carbocycles. The minimum Gasteiger partial charge on any atom is -0.456 e. The lowest BCUT2D eigenvalue weighted by molar-refractivity contribution is -0.189. The van der Waals surface area contributed by atoms with Crippen molar-refractivity contribution in [1.82, 2.24) is 10.2 Å². The summed E-state index contributed by atoms with van der Waals surface area (Å²) < 4.78 is 40.8. The molecule has 0 saturated heterocycles. The number of halogens is 4. The molecule has 74 valence electrons. The molecule has 0 aliphatic rings. The van der Waals surface area contributed by atoms with Crippen LogP contribution in [0.2, 0.25) is 0 Å². The fraction of sp³-hybridized carbons (Fsp3) is 0.600. The Morgan fingerprint density at radius 3 is 2.46 bits per heavy atom. The van der Waals surface area contributed by atoms with Gasteiger partial charge in [-0.2, -0.15) is 13.2 Å². The Balaban J connectivity index is 2.60. The predicted molar refractivity (Wildman–Crippen MR) is 43.8 cm³/mol. The Morgan fingerprint density at radius 1 is 1.46 bits per heavy atom. The van der Waals surface area contributed by atoms with Gasteiger partial charge in [0, 0.05) is 0 Å². The lowest BCUT2D eigenvalue weighted by Gasteiger charge is -2.14. The van der Waals surface area contributed by atoms with Crippen LogP contribution in [-0.4, -0.2) is 22.5 Å². The Labute approximate surface area is 84.1 Å². The normalized spacial score (nSPS) is 14.2. The summed E-state index contributed by atoms with van der Waals surface area (Å²) in [7, 11) is 0. The van der Waals surface area contributed by atoms with Crippen LogP contribution in [0, 0.1) is 0 Å². The molecule has 0 amide bonds. The molecule has 8 heteroatoms. The van der Waals surface area contributed by atoms with Gasteiger partial charge in [0.15, 0.2) is 10.0 Å². The van der Waals surface area contributed by atoms with E-state index in [1.807, 2.05) is 0 Å². The van der Waals surface area contributed by atoms with E-state index in [9.17, 15) is 13.2 Å². The maximum absolute atomic E-state index is 12.0. The van der Waals surface area contributed by atoms with Gasteiger partial charge in [-0.3, -0.25) is 0 Å². The summed E-state index contributed by atoms with van der Waals surface area (Å²) in [5.74, 6) is 0. The van der Waals surface area contributed by atoms with Crippen LogP contribution in [0.1, 0.15) is 6.92 Å². The van der Waals surface area contributed by atoms with Crippen molar-refractivity contribution in [3.8, 4) is 5.19 Å². The number of nitrogens with zero attached hydrogens (tertiary/aromatic N) is 2. The standard InChI is InChI=1S/C5H4BrF3N2OS/c1-2(5(7,8)9)12-4-11-10-3(6)13-4/h2H,1H3. The predicted octanol–water partition coefficient (Wildman–Crippen LogP) is 2.63. The first-order chi connectivity index (χ1) is 5.89. The van der Waals surface area contributed by atoms with Gasteiger partial charge < -0.3 is 4.74 Å². The second-order valence-electron chi connectivity index (χ2n) is 2.12. The molecule has 1 atom stereocenters. The molecule has 1 aromatic heterocycles. The van der Waals surface area contributed by atoms with E-state index in [4.69, 9.17) is 0 Å². The van der Waals surface area contributed by atoms with Crippen molar-refractivity contribution in [2.45, 2.75) is 19.2 Å². The maximum Gasteiger partial charge on any atom is 0.425 e. The highest BCUT2D eigenvalue weighted by Crippen LogP contribution is 2.28. The molecule has 0 aromatic carbocycles. The van der Waals surface area contributed by atoms with Gasteiger partial charge in [0.05, 0.1) is 0 Å². The number of hydrogen-bond donors (Lipinski definition) is 0. The Morgan fingerprint density at radius 2 is 2.08 bits per heavy atom. The third-order valence-electron chi connectivity index (χ3n) is 1.12. The van der Waals surface area contributed by atoms with Crippen LogP contribution in [0.5, 0.6) is 5.19 Å². The van der Waals surface area contributed by atoms with Crippen LogP contribution in [0.15, 0.2) is 3.92 Å². The van der Waals surface area contributed by atoms with Crippen molar-refractivity contribution >= 4 is 27.3 Å². The van der Waals surface area contributed by atoms with Gasteiger partial charge in [-0.25, -0.2) is 0 Å². The minimum atomic E-state index is -4.38. The minimum absolute atomic E-state index is 0.100. The molecule has 1 rings (SSSR count). The Hall–Kier alpha value is -0.370. The highest BCUT2D eigenvalue weighted by molar-refractivity contribution is 9.11. The van der Waals surface area contributed by atoms with Gasteiger partial charge in [0.2, 0.25) is 0 Å². The Bertz CT molecular complexity index is 290. The molecule has 1 unspecified atom stereocenters. The van der Waals surface area contributed by atoms with E-state index in [1.54, 1.807) is 0 Å². The van der Waals surface area contributed by atoms with Gasteiger partial charge >= 0.3 is 6.18 Å². The molecule has 3 nitrogen and oxygen atoms in total. The number of rotatable bonds is 2. The van der Waals surface area contributed by atoms with Crippen molar-refractivity contribution in [2.24, 2.45) is 0 Å². The summed E-state index contributed by atoms with van der Waals surface area (Å²) in [6, 6.07) is 0.